The number of carboxylic acids is 1. The van der Waals surface area contributed by atoms with Crippen LogP contribution in [0.15, 0.2) is 42.5 Å². The van der Waals surface area contributed by atoms with E-state index in [-0.39, 0.29) is 32.9 Å². The van der Waals surface area contributed by atoms with E-state index in [0.717, 1.165) is 12.1 Å². The van der Waals surface area contributed by atoms with Crippen LogP contribution in [0.5, 0.6) is 11.5 Å². The number of nitro benzene ring substituents is 1. The fourth-order valence-electron chi connectivity index (χ4n) is 2.19. The molecule has 0 saturated heterocycles. The Morgan fingerprint density at radius 2 is 1.80 bits per heavy atom. The zero-order chi connectivity index (χ0) is 18.1. The number of hydrogen-bond acceptors (Lipinski definition) is 5. The van der Waals surface area contributed by atoms with Crippen molar-refractivity contribution < 1.29 is 19.6 Å². The Balaban J connectivity index is 2.13. The maximum Gasteiger partial charge on any atom is 0.358 e. The molecule has 25 heavy (non-hydrogen) atoms. The summed E-state index contributed by atoms with van der Waals surface area (Å²) in [5, 5.41) is 20.6. The number of pyridine rings is 1. The number of halogens is 2. The molecule has 0 aliphatic carbocycles. The largest absolute Gasteiger partial charge is 0.476 e. The summed E-state index contributed by atoms with van der Waals surface area (Å²) in [6.07, 6.45) is 0. The van der Waals surface area contributed by atoms with Crippen LogP contribution >= 0.6 is 23.2 Å². The van der Waals surface area contributed by atoms with Gasteiger partial charge in [0.05, 0.1) is 20.5 Å². The lowest BCUT2D eigenvalue weighted by molar-refractivity contribution is -0.384. The molecule has 2 aromatic carbocycles. The van der Waals surface area contributed by atoms with Crippen LogP contribution < -0.4 is 4.74 Å². The third kappa shape index (κ3) is 3.33. The number of aromatic carboxylic acids is 1. The van der Waals surface area contributed by atoms with E-state index in [9.17, 15) is 20.0 Å². The fourth-order valence-corrected chi connectivity index (χ4v) is 2.74. The van der Waals surface area contributed by atoms with Crippen molar-refractivity contribution in [1.82, 2.24) is 4.98 Å². The van der Waals surface area contributed by atoms with Gasteiger partial charge in [-0.15, -0.1) is 0 Å². The van der Waals surface area contributed by atoms with Crippen LogP contribution in [0.2, 0.25) is 10.0 Å². The normalized spacial score (nSPS) is 10.6. The maximum absolute atomic E-state index is 11.5. The molecule has 0 bridgehead atoms. The summed E-state index contributed by atoms with van der Waals surface area (Å²) in [6.45, 7) is 0. The second kappa shape index (κ2) is 6.54. The van der Waals surface area contributed by atoms with E-state index in [1.807, 2.05) is 0 Å². The number of nitrogens with zero attached hydrogens (tertiary/aromatic N) is 2. The zero-order valence-corrected chi connectivity index (χ0v) is 13.8. The van der Waals surface area contributed by atoms with Gasteiger partial charge >= 0.3 is 5.97 Å². The lowest BCUT2D eigenvalue weighted by atomic mass is 10.2. The molecule has 3 rings (SSSR count). The molecule has 9 heteroatoms. The first-order chi connectivity index (χ1) is 11.9. The molecule has 1 heterocycles. The van der Waals surface area contributed by atoms with Gasteiger partial charge in [0, 0.05) is 17.5 Å². The number of carboxylic acid groups (broad SMARTS) is 1. The number of fused-ring (bicyclic) bond motifs is 1. The third-order valence-electron chi connectivity index (χ3n) is 3.30. The highest BCUT2D eigenvalue weighted by Crippen LogP contribution is 2.40. The van der Waals surface area contributed by atoms with Crippen molar-refractivity contribution >= 4 is 45.8 Å². The number of para-hydroxylation sites is 1. The lowest BCUT2D eigenvalue weighted by Gasteiger charge is -2.12. The molecule has 1 aromatic heterocycles. The molecule has 0 unspecified atom stereocenters. The summed E-state index contributed by atoms with van der Waals surface area (Å²) >= 11 is 12.0. The summed E-state index contributed by atoms with van der Waals surface area (Å²) in [4.78, 5) is 25.7. The molecule has 0 saturated carbocycles. The Labute approximate surface area is 150 Å². The van der Waals surface area contributed by atoms with Gasteiger partial charge in [-0.05, 0) is 12.1 Å². The maximum atomic E-state index is 11.5. The molecule has 0 radical (unpaired) electrons. The number of aromatic nitrogens is 1. The molecule has 3 aromatic rings. The number of hydrogen-bond donors (Lipinski definition) is 1. The van der Waals surface area contributed by atoms with E-state index in [1.54, 1.807) is 24.3 Å². The molecule has 0 atom stereocenters. The smallest absolute Gasteiger partial charge is 0.358 e. The summed E-state index contributed by atoms with van der Waals surface area (Å²) in [6, 6.07) is 10.5. The number of rotatable bonds is 4. The first kappa shape index (κ1) is 16.9. The Morgan fingerprint density at radius 1 is 1.16 bits per heavy atom. The molecular weight excluding hydrogens is 371 g/mol. The van der Waals surface area contributed by atoms with Gasteiger partial charge in [-0.3, -0.25) is 10.1 Å². The van der Waals surface area contributed by atoms with Gasteiger partial charge in [-0.2, -0.15) is 0 Å². The van der Waals surface area contributed by atoms with Crippen molar-refractivity contribution in [1.29, 1.82) is 0 Å². The minimum atomic E-state index is -1.30. The second-order valence-corrected chi connectivity index (χ2v) is 5.75. The predicted octanol–water partition coefficient (Wildman–Crippen LogP) is 4.94. The average molecular weight is 379 g/mol. The summed E-state index contributed by atoms with van der Waals surface area (Å²) < 4.78 is 5.55. The molecule has 126 valence electrons. The van der Waals surface area contributed by atoms with Crippen LogP contribution in [-0.4, -0.2) is 21.0 Å². The van der Waals surface area contributed by atoms with E-state index in [1.165, 1.54) is 6.07 Å². The van der Waals surface area contributed by atoms with E-state index >= 15 is 0 Å². The average Bonchev–Trinajstić information content (AvgIpc) is 2.56. The van der Waals surface area contributed by atoms with Crippen LogP contribution in [-0.2, 0) is 0 Å². The highest BCUT2D eigenvalue weighted by Gasteiger charge is 2.21. The number of carbonyl (C=O) groups is 1. The van der Waals surface area contributed by atoms with Crippen LogP contribution in [0.1, 0.15) is 10.5 Å². The minimum absolute atomic E-state index is 0.0798. The standard InChI is InChI=1S/C16H8Cl2N2O5/c17-10-6-9(20(23)24)7-11(18)15(10)25-13-5-8-3-1-2-4-12(8)19-14(13)16(21)22/h1-7H,(H,21,22). The zero-order valence-electron chi connectivity index (χ0n) is 12.3. The fraction of sp³-hybridized carbons (Fsp3) is 0. The third-order valence-corrected chi connectivity index (χ3v) is 3.86. The lowest BCUT2D eigenvalue weighted by Crippen LogP contribution is -2.04. The molecule has 0 amide bonds. The first-order valence-corrected chi connectivity index (χ1v) is 7.57. The highest BCUT2D eigenvalue weighted by atomic mass is 35.5. The minimum Gasteiger partial charge on any atom is -0.476 e. The van der Waals surface area contributed by atoms with E-state index in [2.05, 4.69) is 4.98 Å². The molecule has 0 fully saturated rings. The Morgan fingerprint density at radius 3 is 2.40 bits per heavy atom. The monoisotopic (exact) mass is 378 g/mol. The quantitative estimate of drug-likeness (QED) is 0.509. The number of non-ortho nitro benzene ring substituents is 1. The molecule has 7 nitrogen and oxygen atoms in total. The van der Waals surface area contributed by atoms with E-state index in [4.69, 9.17) is 27.9 Å². The highest BCUT2D eigenvalue weighted by molar-refractivity contribution is 6.37. The van der Waals surface area contributed by atoms with Crippen LogP contribution in [0.4, 0.5) is 5.69 Å². The van der Waals surface area contributed by atoms with Gasteiger partial charge in [0.25, 0.3) is 5.69 Å². The first-order valence-electron chi connectivity index (χ1n) is 6.81. The van der Waals surface area contributed by atoms with Crippen LogP contribution in [0, 0.1) is 10.1 Å². The van der Waals surface area contributed by atoms with E-state index in [0.29, 0.717) is 10.9 Å². The number of benzene rings is 2. The molecule has 0 spiro atoms. The van der Waals surface area contributed by atoms with Gasteiger partial charge in [-0.25, -0.2) is 9.78 Å². The summed E-state index contributed by atoms with van der Waals surface area (Å²) in [5.74, 6) is -1.47. The Bertz CT molecular complexity index is 1000. The molecular formula is C16H8Cl2N2O5. The van der Waals surface area contributed by atoms with Crippen molar-refractivity contribution in [3.63, 3.8) is 0 Å². The Hall–Kier alpha value is -2.90. The second-order valence-electron chi connectivity index (χ2n) is 4.93. The van der Waals surface area contributed by atoms with Crippen molar-refractivity contribution in [2.45, 2.75) is 0 Å². The van der Waals surface area contributed by atoms with Gasteiger partial charge in [0.2, 0.25) is 0 Å². The number of ether oxygens (including phenoxy) is 1. The van der Waals surface area contributed by atoms with Gasteiger partial charge in [-0.1, -0.05) is 41.4 Å². The van der Waals surface area contributed by atoms with Crippen molar-refractivity contribution in [2.75, 3.05) is 0 Å². The van der Waals surface area contributed by atoms with Crippen molar-refractivity contribution in [2.24, 2.45) is 0 Å². The summed E-state index contributed by atoms with van der Waals surface area (Å²) in [5.41, 5.74) is -0.158. The number of nitro groups is 1. The van der Waals surface area contributed by atoms with Crippen LogP contribution in [0.25, 0.3) is 10.9 Å². The SMILES string of the molecule is O=C(O)c1nc2ccccc2cc1Oc1c(Cl)cc([N+](=O)[O-])cc1Cl. The predicted molar refractivity (Wildman–Crippen MR) is 91.9 cm³/mol. The molecule has 0 aliphatic heterocycles. The van der Waals surface area contributed by atoms with Gasteiger partial charge in [0.1, 0.15) is 0 Å². The summed E-state index contributed by atoms with van der Waals surface area (Å²) in [7, 11) is 0. The van der Waals surface area contributed by atoms with E-state index < -0.39 is 10.9 Å². The molecule has 0 aliphatic rings. The topological polar surface area (TPSA) is 103 Å². The van der Waals surface area contributed by atoms with Crippen molar-refractivity contribution in [3.05, 3.63) is 68.3 Å². The Kier molecular flexibility index (Phi) is 4.43. The molecule has 1 N–H and O–H groups in total. The van der Waals surface area contributed by atoms with Gasteiger partial charge in [0.15, 0.2) is 17.2 Å². The van der Waals surface area contributed by atoms with Crippen molar-refractivity contribution in [3.8, 4) is 11.5 Å². The van der Waals surface area contributed by atoms with Crippen LogP contribution in [0.3, 0.4) is 0 Å². The van der Waals surface area contributed by atoms with Gasteiger partial charge < -0.3 is 9.84 Å².